The van der Waals surface area contributed by atoms with Crippen LogP contribution in [-0.4, -0.2) is 34.0 Å². The van der Waals surface area contributed by atoms with Gasteiger partial charge in [0.25, 0.3) is 0 Å². The minimum Gasteiger partial charge on any atom is -0.342 e. The molecule has 2 aromatic rings. The van der Waals surface area contributed by atoms with Crippen LogP contribution in [0.25, 0.3) is 11.4 Å². The predicted octanol–water partition coefficient (Wildman–Crippen LogP) is 4.94. The lowest BCUT2D eigenvalue weighted by atomic mass is 9.86. The van der Waals surface area contributed by atoms with E-state index in [1.54, 1.807) is 12.1 Å². The van der Waals surface area contributed by atoms with Gasteiger partial charge in [-0.3, -0.25) is 4.79 Å². The molecule has 1 amide bonds. The number of aromatic nitrogens is 2. The van der Waals surface area contributed by atoms with Crippen molar-refractivity contribution < 1.29 is 13.7 Å². The van der Waals surface area contributed by atoms with Crippen LogP contribution in [0.5, 0.6) is 0 Å². The Bertz CT molecular complexity index is 783. The zero-order valence-electron chi connectivity index (χ0n) is 16.3. The number of piperidine rings is 1. The molecular formula is C22H28FN3O2. The Balaban J connectivity index is 1.34. The maximum atomic E-state index is 13.1. The van der Waals surface area contributed by atoms with E-state index in [-0.39, 0.29) is 17.6 Å². The van der Waals surface area contributed by atoms with Crippen LogP contribution < -0.4 is 0 Å². The van der Waals surface area contributed by atoms with Crippen LogP contribution >= 0.6 is 0 Å². The van der Waals surface area contributed by atoms with Gasteiger partial charge in [-0.15, -0.1) is 0 Å². The van der Waals surface area contributed by atoms with Gasteiger partial charge in [0.1, 0.15) is 5.82 Å². The molecule has 5 nitrogen and oxygen atoms in total. The smallest absolute Gasteiger partial charge is 0.231 e. The Hall–Kier alpha value is -2.24. The van der Waals surface area contributed by atoms with Gasteiger partial charge in [0.2, 0.25) is 17.6 Å². The van der Waals surface area contributed by atoms with Gasteiger partial charge in [-0.2, -0.15) is 4.98 Å². The van der Waals surface area contributed by atoms with E-state index in [4.69, 9.17) is 4.52 Å². The van der Waals surface area contributed by atoms with Crippen LogP contribution in [0.1, 0.15) is 69.6 Å². The first-order valence-corrected chi connectivity index (χ1v) is 10.6. The fraction of sp³-hybridized carbons (Fsp3) is 0.591. The summed E-state index contributed by atoms with van der Waals surface area (Å²) in [6, 6.07) is 6.06. The third-order valence-electron chi connectivity index (χ3n) is 6.16. The average molecular weight is 385 g/mol. The number of carbonyl (C=O) groups is 1. The summed E-state index contributed by atoms with van der Waals surface area (Å²) < 4.78 is 18.6. The Kier molecular flexibility index (Phi) is 6.03. The summed E-state index contributed by atoms with van der Waals surface area (Å²) >= 11 is 0. The Labute approximate surface area is 165 Å². The van der Waals surface area contributed by atoms with Gasteiger partial charge in [-0.05, 0) is 49.4 Å². The highest BCUT2D eigenvalue weighted by Gasteiger charge is 2.29. The summed E-state index contributed by atoms with van der Waals surface area (Å²) in [5.41, 5.74) is 0.729. The molecule has 0 N–H and O–H groups in total. The number of nitrogens with zero attached hydrogens (tertiary/aromatic N) is 3. The van der Waals surface area contributed by atoms with E-state index in [0.717, 1.165) is 37.3 Å². The Morgan fingerprint density at radius 2 is 1.89 bits per heavy atom. The monoisotopic (exact) mass is 385 g/mol. The molecular weight excluding hydrogens is 357 g/mol. The summed E-state index contributed by atoms with van der Waals surface area (Å²) in [5.74, 6) is 1.82. The van der Waals surface area contributed by atoms with Crippen molar-refractivity contribution in [3.8, 4) is 11.4 Å². The number of amides is 1. The summed E-state index contributed by atoms with van der Waals surface area (Å²) in [6.07, 6.45) is 10.1. The van der Waals surface area contributed by atoms with Crippen molar-refractivity contribution in [2.45, 2.75) is 63.7 Å². The molecule has 1 saturated heterocycles. The second-order valence-electron chi connectivity index (χ2n) is 8.18. The molecule has 4 rings (SSSR count). The number of likely N-dealkylation sites (tertiary alicyclic amines) is 1. The Morgan fingerprint density at radius 1 is 1.11 bits per heavy atom. The average Bonchev–Trinajstić information content (AvgIpc) is 3.24. The van der Waals surface area contributed by atoms with Gasteiger partial charge in [0.05, 0.1) is 5.92 Å². The van der Waals surface area contributed by atoms with Crippen LogP contribution in [-0.2, 0) is 4.79 Å². The van der Waals surface area contributed by atoms with Crippen molar-refractivity contribution in [2.24, 2.45) is 5.92 Å². The molecule has 2 heterocycles. The SMILES string of the molecule is O=C(CCC1CCCCC1)N1CCCC(c2nc(-c3ccc(F)cc3)no2)C1. The zero-order valence-corrected chi connectivity index (χ0v) is 16.3. The van der Waals surface area contributed by atoms with Crippen molar-refractivity contribution in [3.05, 3.63) is 36.0 Å². The van der Waals surface area contributed by atoms with E-state index in [1.807, 2.05) is 4.90 Å². The maximum absolute atomic E-state index is 13.1. The number of rotatable bonds is 5. The Morgan fingerprint density at radius 3 is 2.68 bits per heavy atom. The fourth-order valence-corrected chi connectivity index (χ4v) is 4.48. The lowest BCUT2D eigenvalue weighted by Crippen LogP contribution is -2.39. The molecule has 6 heteroatoms. The first kappa shape index (κ1) is 19.1. The van der Waals surface area contributed by atoms with E-state index in [2.05, 4.69) is 10.1 Å². The fourth-order valence-electron chi connectivity index (χ4n) is 4.48. The van der Waals surface area contributed by atoms with E-state index < -0.39 is 0 Å². The van der Waals surface area contributed by atoms with Crippen molar-refractivity contribution in [3.63, 3.8) is 0 Å². The molecule has 0 radical (unpaired) electrons. The molecule has 1 atom stereocenters. The lowest BCUT2D eigenvalue weighted by Gasteiger charge is -2.31. The van der Waals surface area contributed by atoms with Crippen molar-refractivity contribution in [1.29, 1.82) is 0 Å². The first-order chi connectivity index (χ1) is 13.7. The van der Waals surface area contributed by atoms with Gasteiger partial charge in [0.15, 0.2) is 0 Å². The highest BCUT2D eigenvalue weighted by atomic mass is 19.1. The molecule has 28 heavy (non-hydrogen) atoms. The standard InChI is InChI=1S/C22H28FN3O2/c23-19-11-9-17(10-12-19)21-24-22(28-25-21)18-7-4-14-26(15-18)20(27)13-8-16-5-2-1-3-6-16/h9-12,16,18H,1-8,13-15H2. The van der Waals surface area contributed by atoms with Gasteiger partial charge in [-0.25, -0.2) is 4.39 Å². The molecule has 1 aliphatic carbocycles. The number of halogens is 1. The zero-order chi connectivity index (χ0) is 19.3. The molecule has 1 unspecified atom stereocenters. The normalized spacial score (nSPS) is 21.0. The van der Waals surface area contributed by atoms with Crippen LogP contribution in [0.3, 0.4) is 0 Å². The van der Waals surface area contributed by atoms with Gasteiger partial charge in [-0.1, -0.05) is 37.3 Å². The van der Waals surface area contributed by atoms with Crippen molar-refractivity contribution in [2.75, 3.05) is 13.1 Å². The highest BCUT2D eigenvalue weighted by Crippen LogP contribution is 2.30. The second kappa shape index (κ2) is 8.84. The second-order valence-corrected chi connectivity index (χ2v) is 8.18. The molecule has 0 bridgehead atoms. The van der Waals surface area contributed by atoms with E-state index in [9.17, 15) is 9.18 Å². The van der Waals surface area contributed by atoms with Gasteiger partial charge < -0.3 is 9.42 Å². The van der Waals surface area contributed by atoms with Crippen LogP contribution in [0.4, 0.5) is 4.39 Å². The number of carbonyl (C=O) groups excluding carboxylic acids is 1. The molecule has 1 aliphatic heterocycles. The van der Waals surface area contributed by atoms with Crippen molar-refractivity contribution in [1.82, 2.24) is 15.0 Å². The minimum absolute atomic E-state index is 0.0779. The minimum atomic E-state index is -0.290. The summed E-state index contributed by atoms with van der Waals surface area (Å²) in [6.45, 7) is 1.47. The van der Waals surface area contributed by atoms with Gasteiger partial charge in [0, 0.05) is 25.1 Å². The van der Waals surface area contributed by atoms with Crippen LogP contribution in [0.2, 0.25) is 0 Å². The molecule has 2 aliphatic rings. The third-order valence-corrected chi connectivity index (χ3v) is 6.16. The van der Waals surface area contributed by atoms with E-state index in [0.29, 0.717) is 24.7 Å². The van der Waals surface area contributed by atoms with Crippen LogP contribution in [0, 0.1) is 11.7 Å². The largest absolute Gasteiger partial charge is 0.342 e. The summed E-state index contributed by atoms with van der Waals surface area (Å²) in [7, 11) is 0. The summed E-state index contributed by atoms with van der Waals surface area (Å²) in [5, 5.41) is 4.05. The molecule has 2 fully saturated rings. The van der Waals surface area contributed by atoms with Gasteiger partial charge >= 0.3 is 0 Å². The summed E-state index contributed by atoms with van der Waals surface area (Å²) in [4.78, 5) is 19.2. The number of hydrogen-bond acceptors (Lipinski definition) is 4. The molecule has 1 saturated carbocycles. The number of hydrogen-bond donors (Lipinski definition) is 0. The maximum Gasteiger partial charge on any atom is 0.231 e. The molecule has 1 aromatic carbocycles. The van der Waals surface area contributed by atoms with Crippen molar-refractivity contribution >= 4 is 5.91 Å². The molecule has 150 valence electrons. The lowest BCUT2D eigenvalue weighted by molar-refractivity contribution is -0.132. The molecule has 1 aromatic heterocycles. The third kappa shape index (κ3) is 4.59. The predicted molar refractivity (Wildman–Crippen MR) is 104 cm³/mol. The first-order valence-electron chi connectivity index (χ1n) is 10.6. The quantitative estimate of drug-likeness (QED) is 0.731. The molecule has 0 spiro atoms. The van der Waals surface area contributed by atoms with E-state index >= 15 is 0 Å². The highest BCUT2D eigenvalue weighted by molar-refractivity contribution is 5.76. The van der Waals surface area contributed by atoms with Crippen LogP contribution in [0.15, 0.2) is 28.8 Å². The topological polar surface area (TPSA) is 59.2 Å². The number of benzene rings is 1. The van der Waals surface area contributed by atoms with E-state index in [1.165, 1.54) is 44.2 Å².